The van der Waals surface area contributed by atoms with Gasteiger partial charge in [-0.3, -0.25) is 0 Å². The number of carbonyl (C=O) groups is 1. The molecule has 122 valence electrons. The van der Waals surface area contributed by atoms with Crippen LogP contribution in [-0.2, 0) is 13.0 Å². The lowest BCUT2D eigenvalue weighted by Gasteiger charge is -2.17. The van der Waals surface area contributed by atoms with Crippen LogP contribution < -0.4 is 10.1 Å². The second kappa shape index (κ2) is 7.41. The van der Waals surface area contributed by atoms with Gasteiger partial charge in [-0.25, -0.2) is 4.79 Å². The fraction of sp³-hybridized carbons (Fsp3) is 0.438. The van der Waals surface area contributed by atoms with E-state index < -0.39 is 0 Å². The zero-order valence-corrected chi connectivity index (χ0v) is 13.9. The fourth-order valence-corrected chi connectivity index (χ4v) is 3.19. The van der Waals surface area contributed by atoms with Gasteiger partial charge >= 0.3 is 6.03 Å². The monoisotopic (exact) mass is 332 g/mol. The number of rotatable bonds is 5. The smallest absolute Gasteiger partial charge is 0.317 e. The molecular formula is C16H20N4O2S. The van der Waals surface area contributed by atoms with E-state index in [-0.39, 0.29) is 12.1 Å². The molecule has 1 aromatic carbocycles. The maximum atomic E-state index is 12.2. The van der Waals surface area contributed by atoms with E-state index in [1.54, 1.807) is 4.90 Å². The van der Waals surface area contributed by atoms with Crippen molar-refractivity contribution in [2.75, 3.05) is 13.1 Å². The van der Waals surface area contributed by atoms with Gasteiger partial charge in [-0.2, -0.15) is 0 Å². The molecule has 1 aliphatic heterocycles. The zero-order valence-electron chi connectivity index (χ0n) is 13.1. The third-order valence-electron chi connectivity index (χ3n) is 3.68. The fourth-order valence-electron chi connectivity index (χ4n) is 2.47. The molecule has 0 spiro atoms. The van der Waals surface area contributed by atoms with E-state index in [4.69, 9.17) is 4.74 Å². The zero-order chi connectivity index (χ0) is 16.1. The van der Waals surface area contributed by atoms with E-state index >= 15 is 0 Å². The van der Waals surface area contributed by atoms with Crippen molar-refractivity contribution < 1.29 is 9.53 Å². The van der Waals surface area contributed by atoms with Crippen molar-refractivity contribution in [2.24, 2.45) is 0 Å². The van der Waals surface area contributed by atoms with Crippen molar-refractivity contribution >= 4 is 17.4 Å². The first-order valence-electron chi connectivity index (χ1n) is 7.80. The Bertz CT molecular complexity index is 647. The summed E-state index contributed by atoms with van der Waals surface area (Å²) >= 11 is 1.54. The van der Waals surface area contributed by atoms with Crippen molar-refractivity contribution in [3.8, 4) is 5.75 Å². The molecule has 2 aromatic rings. The van der Waals surface area contributed by atoms with Crippen molar-refractivity contribution in [3.63, 3.8) is 0 Å². The van der Waals surface area contributed by atoms with Gasteiger partial charge < -0.3 is 15.0 Å². The molecule has 1 atom stereocenters. The predicted octanol–water partition coefficient (Wildman–Crippen LogP) is 2.46. The number of nitrogens with zero attached hydrogens (tertiary/aromatic N) is 3. The predicted molar refractivity (Wildman–Crippen MR) is 88.6 cm³/mol. The number of amides is 2. The van der Waals surface area contributed by atoms with E-state index in [2.05, 4.69) is 15.5 Å². The van der Waals surface area contributed by atoms with Crippen LogP contribution in [0.5, 0.6) is 5.75 Å². The molecule has 1 saturated heterocycles. The Morgan fingerprint density at radius 3 is 2.87 bits per heavy atom. The highest BCUT2D eigenvalue weighted by atomic mass is 32.1. The summed E-state index contributed by atoms with van der Waals surface area (Å²) in [4.78, 5) is 14.0. The Morgan fingerprint density at radius 1 is 1.35 bits per heavy atom. The van der Waals surface area contributed by atoms with Gasteiger partial charge in [0.25, 0.3) is 0 Å². The average molecular weight is 332 g/mol. The van der Waals surface area contributed by atoms with Gasteiger partial charge in [0.05, 0.1) is 13.1 Å². The van der Waals surface area contributed by atoms with Crippen molar-refractivity contribution in [1.29, 1.82) is 0 Å². The number of urea groups is 1. The number of ether oxygens (including phenoxy) is 1. The van der Waals surface area contributed by atoms with Crippen LogP contribution in [0, 0.1) is 0 Å². The highest BCUT2D eigenvalue weighted by molar-refractivity contribution is 7.11. The minimum atomic E-state index is -0.0718. The van der Waals surface area contributed by atoms with Gasteiger partial charge in [-0.15, -0.1) is 10.2 Å². The number of benzene rings is 1. The molecule has 3 rings (SSSR count). The second-order valence-corrected chi connectivity index (χ2v) is 6.54. The van der Waals surface area contributed by atoms with E-state index in [9.17, 15) is 4.79 Å². The van der Waals surface area contributed by atoms with Gasteiger partial charge in [-0.1, -0.05) is 36.5 Å². The lowest BCUT2D eigenvalue weighted by molar-refractivity contribution is 0.186. The summed E-state index contributed by atoms with van der Waals surface area (Å²) in [6.07, 6.45) is 1.77. The average Bonchev–Trinajstić information content (AvgIpc) is 3.23. The van der Waals surface area contributed by atoms with E-state index in [1.165, 1.54) is 11.3 Å². The third kappa shape index (κ3) is 4.19. The number of nitrogens with one attached hydrogen (secondary N) is 1. The quantitative estimate of drug-likeness (QED) is 0.913. The molecule has 0 bridgehead atoms. The van der Waals surface area contributed by atoms with Crippen LogP contribution in [0.25, 0.3) is 0 Å². The molecule has 1 N–H and O–H groups in total. The molecule has 0 aliphatic carbocycles. The molecule has 1 aliphatic rings. The lowest BCUT2D eigenvalue weighted by Crippen LogP contribution is -2.39. The van der Waals surface area contributed by atoms with E-state index in [0.29, 0.717) is 19.6 Å². The van der Waals surface area contributed by atoms with Gasteiger partial charge in [0.1, 0.15) is 21.9 Å². The molecule has 0 saturated carbocycles. The molecule has 1 fully saturated rings. The van der Waals surface area contributed by atoms with E-state index in [1.807, 2.05) is 37.3 Å². The second-order valence-electron chi connectivity index (χ2n) is 5.39. The van der Waals surface area contributed by atoms with Crippen molar-refractivity contribution in [1.82, 2.24) is 20.4 Å². The van der Waals surface area contributed by atoms with Crippen LogP contribution >= 0.6 is 11.3 Å². The Labute approximate surface area is 139 Å². The molecule has 2 amide bonds. The number of hydrogen-bond acceptors (Lipinski definition) is 5. The largest absolute Gasteiger partial charge is 0.489 e. The van der Waals surface area contributed by atoms with Crippen LogP contribution in [0.4, 0.5) is 4.79 Å². The van der Waals surface area contributed by atoms with Crippen LogP contribution in [0.3, 0.4) is 0 Å². The van der Waals surface area contributed by atoms with Gasteiger partial charge in [-0.05, 0) is 18.6 Å². The summed E-state index contributed by atoms with van der Waals surface area (Å²) in [7, 11) is 0. The van der Waals surface area contributed by atoms with Gasteiger partial charge in [0, 0.05) is 13.0 Å². The number of para-hydroxylation sites is 1. The number of carbonyl (C=O) groups excluding carboxylic acids is 1. The summed E-state index contributed by atoms with van der Waals surface area (Å²) in [6, 6.07) is 9.64. The Hall–Kier alpha value is -2.15. The summed E-state index contributed by atoms with van der Waals surface area (Å²) in [5.41, 5.74) is 0. The van der Waals surface area contributed by atoms with Crippen molar-refractivity contribution in [2.45, 2.75) is 32.4 Å². The lowest BCUT2D eigenvalue weighted by atomic mass is 10.3. The topological polar surface area (TPSA) is 67.4 Å². The molecule has 7 heteroatoms. The Balaban J connectivity index is 1.45. The Kier molecular flexibility index (Phi) is 5.07. The first kappa shape index (κ1) is 15.7. The first-order valence-corrected chi connectivity index (χ1v) is 8.62. The van der Waals surface area contributed by atoms with Gasteiger partial charge in [0.2, 0.25) is 0 Å². The highest BCUT2D eigenvalue weighted by Gasteiger charge is 2.27. The summed E-state index contributed by atoms with van der Waals surface area (Å²) < 4.78 is 5.89. The van der Waals surface area contributed by atoms with Crippen molar-refractivity contribution in [3.05, 3.63) is 40.3 Å². The number of hydrogen-bond donors (Lipinski definition) is 1. The number of aryl methyl sites for hydroxylation is 1. The minimum absolute atomic E-state index is 0.0522. The van der Waals surface area contributed by atoms with Crippen LogP contribution in [0.1, 0.15) is 23.4 Å². The van der Waals surface area contributed by atoms with E-state index in [0.717, 1.165) is 28.6 Å². The first-order chi connectivity index (χ1) is 11.2. The van der Waals surface area contributed by atoms with Crippen LogP contribution in [0.15, 0.2) is 30.3 Å². The molecule has 6 nitrogen and oxygen atoms in total. The van der Waals surface area contributed by atoms with Crippen LogP contribution in [-0.4, -0.2) is 40.3 Å². The van der Waals surface area contributed by atoms with Crippen LogP contribution in [0.2, 0.25) is 0 Å². The molecule has 23 heavy (non-hydrogen) atoms. The SMILES string of the molecule is CCc1nnc(CNC(=O)N2CCC(Oc3ccccc3)C2)s1. The summed E-state index contributed by atoms with van der Waals surface area (Å²) in [6.45, 7) is 3.79. The third-order valence-corrected chi connectivity index (χ3v) is 4.75. The number of likely N-dealkylation sites (tertiary alicyclic amines) is 1. The number of aromatic nitrogens is 2. The molecule has 1 unspecified atom stereocenters. The normalized spacial score (nSPS) is 17.3. The molecular weight excluding hydrogens is 312 g/mol. The molecule has 0 radical (unpaired) electrons. The minimum Gasteiger partial charge on any atom is -0.489 e. The highest BCUT2D eigenvalue weighted by Crippen LogP contribution is 2.18. The standard InChI is InChI=1S/C16H20N4O2S/c1-2-14-18-19-15(23-14)10-17-16(21)20-9-8-13(11-20)22-12-6-4-3-5-7-12/h3-7,13H,2,8-11H2,1H3,(H,17,21). The maximum absolute atomic E-state index is 12.2. The molecule has 2 heterocycles. The van der Waals surface area contributed by atoms with Gasteiger partial charge in [0.15, 0.2) is 0 Å². The summed E-state index contributed by atoms with van der Waals surface area (Å²) in [5, 5.41) is 12.9. The summed E-state index contributed by atoms with van der Waals surface area (Å²) in [5.74, 6) is 0.848. The maximum Gasteiger partial charge on any atom is 0.317 e. The molecule has 1 aromatic heterocycles. The Morgan fingerprint density at radius 2 is 2.13 bits per heavy atom.